The Hall–Kier alpha value is -2.14. The highest BCUT2D eigenvalue weighted by molar-refractivity contribution is 8.00. The normalized spacial score (nSPS) is 16.7. The maximum atomic E-state index is 12.9. The summed E-state index contributed by atoms with van der Waals surface area (Å²) in [4.78, 5) is 19.5. The van der Waals surface area contributed by atoms with E-state index in [0.717, 1.165) is 0 Å². The van der Waals surface area contributed by atoms with E-state index in [1.807, 2.05) is 20.9 Å². The number of nitrogens with one attached hydrogen (secondary N) is 1. The van der Waals surface area contributed by atoms with Gasteiger partial charge in [0, 0.05) is 38.1 Å². The van der Waals surface area contributed by atoms with Crippen molar-refractivity contribution in [2.75, 3.05) is 45.7 Å². The molecule has 174 valence electrons. The summed E-state index contributed by atoms with van der Waals surface area (Å²) in [7, 11) is 0.00613. The van der Waals surface area contributed by atoms with Crippen LogP contribution >= 0.6 is 11.8 Å². The van der Waals surface area contributed by atoms with Gasteiger partial charge >= 0.3 is 0 Å². The lowest BCUT2D eigenvalue weighted by Gasteiger charge is -2.31. The van der Waals surface area contributed by atoms with Crippen LogP contribution in [0.4, 0.5) is 5.69 Å². The van der Waals surface area contributed by atoms with Gasteiger partial charge < -0.3 is 15.0 Å². The van der Waals surface area contributed by atoms with Crippen molar-refractivity contribution in [3.63, 3.8) is 0 Å². The molecule has 0 saturated carbocycles. The van der Waals surface area contributed by atoms with Crippen LogP contribution in [0.5, 0.6) is 5.75 Å². The third-order valence-corrected chi connectivity index (χ3v) is 8.66. The number of carbonyl (C=O) groups is 1. The van der Waals surface area contributed by atoms with Gasteiger partial charge in [-0.25, -0.2) is 13.4 Å². The molecule has 1 N–H and O–H groups in total. The second-order valence-corrected chi connectivity index (χ2v) is 11.1. The average molecular weight is 479 g/mol. The number of anilines is 1. The number of rotatable bonds is 8. The predicted molar refractivity (Wildman–Crippen MR) is 127 cm³/mol. The number of carbonyl (C=O) groups excluding carboxylic acids is 1. The minimum absolute atomic E-state index is 0.0498. The van der Waals surface area contributed by atoms with E-state index >= 15 is 0 Å². The molecule has 0 bridgehead atoms. The number of nitrogens with zero attached hydrogens (tertiary/aromatic N) is 3. The van der Waals surface area contributed by atoms with Crippen LogP contribution in [-0.2, 0) is 14.8 Å². The minimum atomic E-state index is -3.56. The van der Waals surface area contributed by atoms with Crippen LogP contribution in [0, 0.1) is 5.92 Å². The maximum absolute atomic E-state index is 12.9. The lowest BCUT2D eigenvalue weighted by molar-refractivity contribution is -0.116. The van der Waals surface area contributed by atoms with Crippen LogP contribution in [-0.4, -0.2) is 74.1 Å². The third-order valence-electron chi connectivity index (χ3n) is 5.28. The number of hydrogen-bond donors (Lipinski definition) is 1. The molecule has 1 fully saturated rings. The molecule has 1 aliphatic rings. The van der Waals surface area contributed by atoms with Crippen molar-refractivity contribution in [2.45, 2.75) is 29.0 Å². The Labute approximate surface area is 194 Å². The molecule has 1 amide bonds. The van der Waals surface area contributed by atoms with E-state index in [0.29, 0.717) is 42.6 Å². The van der Waals surface area contributed by atoms with Gasteiger partial charge in [0.15, 0.2) is 0 Å². The maximum Gasteiger partial charge on any atom is 0.244 e. The van der Waals surface area contributed by atoms with Crippen molar-refractivity contribution < 1.29 is 17.9 Å². The number of amides is 1. The lowest BCUT2D eigenvalue weighted by atomic mass is 10.1. The highest BCUT2D eigenvalue weighted by Crippen LogP contribution is 2.29. The highest BCUT2D eigenvalue weighted by Gasteiger charge is 2.28. The number of methoxy groups -OCH3 is 1. The SMILES string of the molecule is COc1ccc(NC(=O)[C@H](Sc2ccc(S(=O)(=O)N3CCN(C)CC3)cn2)C(C)C)cc1. The molecule has 1 aromatic heterocycles. The van der Waals surface area contributed by atoms with Crippen molar-refractivity contribution in [1.29, 1.82) is 0 Å². The van der Waals surface area contributed by atoms with Gasteiger partial charge in [0.25, 0.3) is 0 Å². The quantitative estimate of drug-likeness (QED) is 0.583. The number of aromatic nitrogens is 1. The van der Waals surface area contributed by atoms with Crippen LogP contribution in [0.1, 0.15) is 13.8 Å². The van der Waals surface area contributed by atoms with E-state index in [1.165, 1.54) is 22.3 Å². The largest absolute Gasteiger partial charge is 0.497 e. The zero-order valence-corrected chi connectivity index (χ0v) is 20.4. The molecular weight excluding hydrogens is 448 g/mol. The monoisotopic (exact) mass is 478 g/mol. The molecule has 32 heavy (non-hydrogen) atoms. The smallest absolute Gasteiger partial charge is 0.244 e. The molecule has 1 aliphatic heterocycles. The lowest BCUT2D eigenvalue weighted by Crippen LogP contribution is -2.47. The zero-order chi connectivity index (χ0) is 23.3. The first-order valence-electron chi connectivity index (χ1n) is 10.5. The van der Waals surface area contributed by atoms with E-state index in [2.05, 4.69) is 15.2 Å². The van der Waals surface area contributed by atoms with Crippen molar-refractivity contribution in [1.82, 2.24) is 14.2 Å². The number of piperazine rings is 1. The summed E-state index contributed by atoms with van der Waals surface area (Å²) >= 11 is 1.32. The molecule has 1 atom stereocenters. The Morgan fingerprint density at radius 3 is 2.28 bits per heavy atom. The number of benzene rings is 1. The van der Waals surface area contributed by atoms with Crippen molar-refractivity contribution in [3.8, 4) is 5.75 Å². The van der Waals surface area contributed by atoms with Crippen LogP contribution < -0.4 is 10.1 Å². The summed E-state index contributed by atoms with van der Waals surface area (Å²) in [5.41, 5.74) is 0.684. The predicted octanol–water partition coefficient (Wildman–Crippen LogP) is 2.78. The first-order valence-corrected chi connectivity index (χ1v) is 12.8. The Morgan fingerprint density at radius 1 is 1.09 bits per heavy atom. The van der Waals surface area contributed by atoms with Gasteiger partial charge in [-0.05, 0) is 49.4 Å². The van der Waals surface area contributed by atoms with Crippen LogP contribution in [0.15, 0.2) is 52.5 Å². The summed E-state index contributed by atoms with van der Waals surface area (Å²) in [5.74, 6) is 0.633. The van der Waals surface area contributed by atoms with E-state index < -0.39 is 10.0 Å². The molecule has 2 heterocycles. The van der Waals surface area contributed by atoms with Gasteiger partial charge in [0.2, 0.25) is 15.9 Å². The summed E-state index contributed by atoms with van der Waals surface area (Å²) in [5, 5.41) is 3.15. The Bertz CT molecular complexity index is 1000. The summed E-state index contributed by atoms with van der Waals surface area (Å²) in [6.45, 7) is 6.29. The summed E-state index contributed by atoms with van der Waals surface area (Å²) in [6.07, 6.45) is 1.38. The fourth-order valence-electron chi connectivity index (χ4n) is 3.28. The van der Waals surface area contributed by atoms with E-state index in [4.69, 9.17) is 4.74 Å². The van der Waals surface area contributed by atoms with Gasteiger partial charge in [-0.2, -0.15) is 4.31 Å². The van der Waals surface area contributed by atoms with Crippen LogP contribution in [0.3, 0.4) is 0 Å². The first kappa shape index (κ1) is 24.5. The van der Waals surface area contributed by atoms with E-state index in [-0.39, 0.29) is 22.0 Å². The number of hydrogen-bond acceptors (Lipinski definition) is 7. The summed E-state index contributed by atoms with van der Waals surface area (Å²) in [6, 6.07) is 10.4. The van der Waals surface area contributed by atoms with Gasteiger partial charge in [-0.15, -0.1) is 0 Å². The molecule has 1 aromatic carbocycles. The molecule has 0 aliphatic carbocycles. The Balaban J connectivity index is 1.67. The zero-order valence-electron chi connectivity index (χ0n) is 18.8. The molecule has 8 nitrogen and oxygen atoms in total. The fourth-order valence-corrected chi connectivity index (χ4v) is 5.60. The van der Waals surface area contributed by atoms with Crippen molar-refractivity contribution >= 4 is 33.4 Å². The summed E-state index contributed by atoms with van der Waals surface area (Å²) < 4.78 is 32.4. The van der Waals surface area contributed by atoms with Crippen LogP contribution in [0.25, 0.3) is 0 Å². The molecule has 0 unspecified atom stereocenters. The molecule has 2 aromatic rings. The third kappa shape index (κ3) is 6.00. The number of sulfonamides is 1. The molecule has 0 spiro atoms. The highest BCUT2D eigenvalue weighted by atomic mass is 32.2. The second-order valence-electron chi connectivity index (χ2n) is 8.04. The molecule has 10 heteroatoms. The molecule has 0 radical (unpaired) electrons. The number of ether oxygens (including phenoxy) is 1. The molecular formula is C22H30N4O4S2. The number of pyridine rings is 1. The number of thioether (sulfide) groups is 1. The van der Waals surface area contributed by atoms with E-state index in [1.54, 1.807) is 43.5 Å². The average Bonchev–Trinajstić information content (AvgIpc) is 2.78. The Morgan fingerprint density at radius 2 is 1.75 bits per heavy atom. The van der Waals surface area contributed by atoms with Gasteiger partial charge in [0.1, 0.15) is 10.6 Å². The molecule has 1 saturated heterocycles. The standard InChI is InChI=1S/C22H30N4O4S2/c1-16(2)21(22(27)24-17-5-7-18(30-4)8-6-17)31-20-10-9-19(15-23-20)32(28,29)26-13-11-25(3)12-14-26/h5-10,15-16,21H,11-14H2,1-4H3,(H,24,27)/t21-/m1/s1. The second kappa shape index (κ2) is 10.7. The van der Waals surface area contributed by atoms with Crippen molar-refractivity contribution in [2.24, 2.45) is 5.92 Å². The fraction of sp³-hybridized carbons (Fsp3) is 0.455. The van der Waals surface area contributed by atoms with Gasteiger partial charge in [0.05, 0.1) is 17.4 Å². The van der Waals surface area contributed by atoms with Gasteiger partial charge in [-0.3, -0.25) is 4.79 Å². The van der Waals surface area contributed by atoms with Crippen LogP contribution in [0.2, 0.25) is 0 Å². The van der Waals surface area contributed by atoms with E-state index in [9.17, 15) is 13.2 Å². The Kier molecular flexibility index (Phi) is 8.16. The topological polar surface area (TPSA) is 91.8 Å². The first-order chi connectivity index (χ1) is 15.2. The minimum Gasteiger partial charge on any atom is -0.497 e. The van der Waals surface area contributed by atoms with Gasteiger partial charge in [-0.1, -0.05) is 25.6 Å². The number of likely N-dealkylation sites (N-methyl/N-ethyl adjacent to an activating group) is 1. The molecule has 3 rings (SSSR count). The van der Waals surface area contributed by atoms with Crippen molar-refractivity contribution in [3.05, 3.63) is 42.6 Å².